The second kappa shape index (κ2) is 6.40. The first-order valence-corrected chi connectivity index (χ1v) is 4.71. The monoisotopic (exact) mass is 220 g/mol. The standard InChI is InChI=1S/C8H13BrO2/c1-3-4-5-7(6-9)8(10)11-2/h5H,3-4,6H2,1-2H3. The van der Waals surface area contributed by atoms with Crippen LogP contribution in [0.1, 0.15) is 19.8 Å². The van der Waals surface area contributed by atoms with Crippen LogP contribution in [-0.2, 0) is 9.53 Å². The van der Waals surface area contributed by atoms with E-state index >= 15 is 0 Å². The van der Waals surface area contributed by atoms with Gasteiger partial charge in [0.15, 0.2) is 0 Å². The van der Waals surface area contributed by atoms with Crippen LogP contribution in [0.3, 0.4) is 0 Å². The van der Waals surface area contributed by atoms with Crippen LogP contribution in [0, 0.1) is 0 Å². The van der Waals surface area contributed by atoms with E-state index in [2.05, 4.69) is 27.6 Å². The van der Waals surface area contributed by atoms with Gasteiger partial charge in [0, 0.05) is 10.9 Å². The van der Waals surface area contributed by atoms with Crippen molar-refractivity contribution in [2.24, 2.45) is 0 Å². The number of esters is 1. The van der Waals surface area contributed by atoms with E-state index in [9.17, 15) is 4.79 Å². The number of hydrogen-bond donors (Lipinski definition) is 0. The Bertz CT molecular complexity index is 152. The summed E-state index contributed by atoms with van der Waals surface area (Å²) in [6.45, 7) is 2.07. The summed E-state index contributed by atoms with van der Waals surface area (Å²) in [5, 5.41) is 0.569. The van der Waals surface area contributed by atoms with Gasteiger partial charge in [0.25, 0.3) is 0 Å². The predicted molar refractivity (Wildman–Crippen MR) is 48.8 cm³/mol. The van der Waals surface area contributed by atoms with Gasteiger partial charge in [-0.05, 0) is 6.42 Å². The molecule has 0 aliphatic rings. The first-order chi connectivity index (χ1) is 5.26. The smallest absolute Gasteiger partial charge is 0.334 e. The number of unbranched alkanes of at least 4 members (excludes halogenated alkanes) is 1. The highest BCUT2D eigenvalue weighted by Gasteiger charge is 2.05. The van der Waals surface area contributed by atoms with Gasteiger partial charge in [0.05, 0.1) is 7.11 Å². The van der Waals surface area contributed by atoms with E-state index in [0.717, 1.165) is 12.8 Å². The lowest BCUT2D eigenvalue weighted by atomic mass is 10.2. The molecule has 2 nitrogen and oxygen atoms in total. The zero-order valence-corrected chi connectivity index (χ0v) is 8.48. The molecule has 0 N–H and O–H groups in total. The maximum atomic E-state index is 10.9. The Morgan fingerprint density at radius 2 is 2.27 bits per heavy atom. The lowest BCUT2D eigenvalue weighted by Gasteiger charge is -1.99. The molecular weight excluding hydrogens is 208 g/mol. The highest BCUT2D eigenvalue weighted by Crippen LogP contribution is 2.04. The van der Waals surface area contributed by atoms with Gasteiger partial charge >= 0.3 is 5.97 Å². The average molecular weight is 221 g/mol. The summed E-state index contributed by atoms with van der Waals surface area (Å²) >= 11 is 3.22. The normalized spacial score (nSPS) is 11.4. The summed E-state index contributed by atoms with van der Waals surface area (Å²) in [6.07, 6.45) is 3.88. The predicted octanol–water partition coefficient (Wildman–Crippen LogP) is 2.28. The highest BCUT2D eigenvalue weighted by molar-refractivity contribution is 9.09. The zero-order valence-electron chi connectivity index (χ0n) is 6.89. The van der Waals surface area contributed by atoms with E-state index in [4.69, 9.17) is 0 Å². The SMILES string of the molecule is CCCC=C(CBr)C(=O)OC. The summed E-state index contributed by atoms with van der Waals surface area (Å²) in [5.41, 5.74) is 0.703. The van der Waals surface area contributed by atoms with Crippen molar-refractivity contribution < 1.29 is 9.53 Å². The first kappa shape index (κ1) is 10.7. The first-order valence-electron chi connectivity index (χ1n) is 3.59. The number of allylic oxidation sites excluding steroid dienone is 1. The number of methoxy groups -OCH3 is 1. The number of carbonyl (C=O) groups is 1. The third kappa shape index (κ3) is 4.19. The van der Waals surface area contributed by atoms with Gasteiger partial charge in [-0.15, -0.1) is 0 Å². The maximum Gasteiger partial charge on any atom is 0.334 e. The van der Waals surface area contributed by atoms with Crippen LogP contribution in [-0.4, -0.2) is 18.4 Å². The molecule has 0 fully saturated rings. The summed E-state index contributed by atoms with van der Waals surface area (Å²) < 4.78 is 4.56. The molecule has 0 rings (SSSR count). The van der Waals surface area contributed by atoms with E-state index in [0.29, 0.717) is 10.9 Å². The van der Waals surface area contributed by atoms with Crippen LogP contribution >= 0.6 is 15.9 Å². The molecular formula is C8H13BrO2. The fourth-order valence-electron chi connectivity index (χ4n) is 0.642. The van der Waals surface area contributed by atoms with Gasteiger partial charge in [-0.3, -0.25) is 0 Å². The van der Waals surface area contributed by atoms with Crippen molar-refractivity contribution in [3.63, 3.8) is 0 Å². The summed E-state index contributed by atoms with van der Waals surface area (Å²) in [4.78, 5) is 10.9. The van der Waals surface area contributed by atoms with Crippen molar-refractivity contribution in [1.29, 1.82) is 0 Å². The molecule has 0 aliphatic carbocycles. The van der Waals surface area contributed by atoms with Gasteiger partial charge in [-0.1, -0.05) is 35.4 Å². The molecule has 0 aromatic heterocycles. The molecule has 64 valence electrons. The maximum absolute atomic E-state index is 10.9. The molecule has 0 aliphatic heterocycles. The number of halogens is 1. The number of hydrogen-bond acceptors (Lipinski definition) is 2. The topological polar surface area (TPSA) is 26.3 Å². The van der Waals surface area contributed by atoms with E-state index in [1.807, 2.05) is 6.08 Å². The van der Waals surface area contributed by atoms with Crippen molar-refractivity contribution in [2.45, 2.75) is 19.8 Å². The highest BCUT2D eigenvalue weighted by atomic mass is 79.9. The third-order valence-electron chi connectivity index (χ3n) is 1.27. The molecule has 0 saturated carbocycles. The fraction of sp³-hybridized carbons (Fsp3) is 0.625. The Morgan fingerprint density at radius 3 is 2.64 bits per heavy atom. The zero-order chi connectivity index (χ0) is 8.69. The van der Waals surface area contributed by atoms with Crippen LogP contribution < -0.4 is 0 Å². The average Bonchev–Trinajstić information content (AvgIpc) is 2.05. The Morgan fingerprint density at radius 1 is 1.64 bits per heavy atom. The summed E-state index contributed by atoms with van der Waals surface area (Å²) in [5.74, 6) is -0.240. The van der Waals surface area contributed by atoms with Crippen LogP contribution in [0.4, 0.5) is 0 Å². The van der Waals surface area contributed by atoms with E-state index < -0.39 is 0 Å². The van der Waals surface area contributed by atoms with Crippen molar-refractivity contribution in [3.05, 3.63) is 11.6 Å². The van der Waals surface area contributed by atoms with Crippen molar-refractivity contribution in [3.8, 4) is 0 Å². The van der Waals surface area contributed by atoms with E-state index in [1.54, 1.807) is 0 Å². The lowest BCUT2D eigenvalue weighted by molar-refractivity contribution is -0.135. The fourth-order valence-corrected chi connectivity index (χ4v) is 1.10. The lowest BCUT2D eigenvalue weighted by Crippen LogP contribution is -2.05. The van der Waals surface area contributed by atoms with Gasteiger partial charge in [0.1, 0.15) is 0 Å². The van der Waals surface area contributed by atoms with Crippen LogP contribution in [0.2, 0.25) is 0 Å². The second-order valence-corrected chi connectivity index (χ2v) is 2.70. The molecule has 3 heteroatoms. The largest absolute Gasteiger partial charge is 0.466 e. The molecule has 0 aromatic rings. The molecule has 0 saturated heterocycles. The minimum Gasteiger partial charge on any atom is -0.466 e. The number of alkyl halides is 1. The molecule has 11 heavy (non-hydrogen) atoms. The van der Waals surface area contributed by atoms with Gasteiger partial charge in [0.2, 0.25) is 0 Å². The summed E-state index contributed by atoms with van der Waals surface area (Å²) in [6, 6.07) is 0. The molecule has 0 radical (unpaired) electrons. The molecule has 0 aromatic carbocycles. The van der Waals surface area contributed by atoms with E-state index in [1.165, 1.54) is 7.11 Å². The number of ether oxygens (including phenoxy) is 1. The Kier molecular flexibility index (Phi) is 6.22. The van der Waals surface area contributed by atoms with Crippen LogP contribution in [0.5, 0.6) is 0 Å². The van der Waals surface area contributed by atoms with Gasteiger partial charge in [-0.2, -0.15) is 0 Å². The Hall–Kier alpha value is -0.310. The molecule has 0 atom stereocenters. The Labute approximate surface area is 75.7 Å². The van der Waals surface area contributed by atoms with Gasteiger partial charge < -0.3 is 4.74 Å². The molecule has 0 unspecified atom stereocenters. The third-order valence-corrected chi connectivity index (χ3v) is 1.88. The molecule has 0 bridgehead atoms. The van der Waals surface area contributed by atoms with Crippen molar-refractivity contribution >= 4 is 21.9 Å². The molecule has 0 heterocycles. The van der Waals surface area contributed by atoms with Gasteiger partial charge in [-0.25, -0.2) is 4.79 Å². The number of carbonyl (C=O) groups excluding carboxylic acids is 1. The summed E-state index contributed by atoms with van der Waals surface area (Å²) in [7, 11) is 1.39. The Balaban J connectivity index is 4.03. The van der Waals surface area contributed by atoms with Crippen molar-refractivity contribution in [2.75, 3.05) is 12.4 Å². The quantitative estimate of drug-likeness (QED) is 0.413. The number of rotatable bonds is 4. The van der Waals surface area contributed by atoms with Crippen molar-refractivity contribution in [1.82, 2.24) is 0 Å². The molecule has 0 spiro atoms. The minimum absolute atomic E-state index is 0.240. The van der Waals surface area contributed by atoms with E-state index in [-0.39, 0.29) is 5.97 Å². The minimum atomic E-state index is -0.240. The van der Waals surface area contributed by atoms with Crippen LogP contribution in [0.25, 0.3) is 0 Å². The second-order valence-electron chi connectivity index (χ2n) is 2.14. The van der Waals surface area contributed by atoms with Crippen LogP contribution in [0.15, 0.2) is 11.6 Å². The molecule has 0 amide bonds.